The normalized spacial score (nSPS) is 15.1. The average Bonchev–Trinajstić information content (AvgIpc) is 3.25. The zero-order valence-electron chi connectivity index (χ0n) is 12.0. The molecule has 1 aliphatic rings. The van der Waals surface area contributed by atoms with Gasteiger partial charge in [-0.15, -0.1) is 6.42 Å². The summed E-state index contributed by atoms with van der Waals surface area (Å²) >= 11 is 0. The van der Waals surface area contributed by atoms with Gasteiger partial charge in [0.1, 0.15) is 5.82 Å². The Morgan fingerprint density at radius 3 is 2.76 bits per heavy atom. The third-order valence-corrected chi connectivity index (χ3v) is 5.26. The fourth-order valence-corrected chi connectivity index (χ4v) is 3.61. The van der Waals surface area contributed by atoms with Gasteiger partial charge in [-0.3, -0.25) is 0 Å². The van der Waals surface area contributed by atoms with Gasteiger partial charge in [-0.2, -0.15) is 4.31 Å². The molecule has 6 heteroatoms. The average molecular weight is 310 g/mol. The van der Waals surface area contributed by atoms with Crippen LogP contribution in [0.3, 0.4) is 0 Å². The molecule has 0 aliphatic heterocycles. The Morgan fingerprint density at radius 1 is 1.48 bits per heavy atom. The molecule has 0 bridgehead atoms. The van der Waals surface area contributed by atoms with E-state index in [1.807, 2.05) is 0 Å². The number of sulfonamides is 1. The summed E-state index contributed by atoms with van der Waals surface area (Å²) in [5.41, 5.74) is 0.325. The molecule has 21 heavy (non-hydrogen) atoms. The second kappa shape index (κ2) is 6.56. The zero-order chi connectivity index (χ0) is 15.5. The summed E-state index contributed by atoms with van der Waals surface area (Å²) in [6, 6.07) is 3.85. The van der Waals surface area contributed by atoms with E-state index >= 15 is 0 Å². The van der Waals surface area contributed by atoms with Crippen LogP contribution in [0.5, 0.6) is 0 Å². The molecule has 4 nitrogen and oxygen atoms in total. The van der Waals surface area contributed by atoms with E-state index in [0.717, 1.165) is 12.8 Å². The quantitative estimate of drug-likeness (QED) is 0.778. The maximum atomic E-state index is 13.6. The van der Waals surface area contributed by atoms with Gasteiger partial charge in [-0.25, -0.2) is 12.8 Å². The molecule has 1 N–H and O–H groups in total. The lowest BCUT2D eigenvalue weighted by molar-refractivity contribution is 0.430. The highest BCUT2D eigenvalue weighted by atomic mass is 32.2. The van der Waals surface area contributed by atoms with Crippen molar-refractivity contribution in [2.75, 3.05) is 20.1 Å². The minimum atomic E-state index is -3.68. The number of nitrogens with one attached hydrogen (secondary N) is 1. The van der Waals surface area contributed by atoms with Crippen molar-refractivity contribution in [3.63, 3.8) is 0 Å². The van der Waals surface area contributed by atoms with Gasteiger partial charge in [0, 0.05) is 18.7 Å². The highest BCUT2D eigenvalue weighted by Crippen LogP contribution is 2.31. The van der Waals surface area contributed by atoms with Crippen LogP contribution in [0.2, 0.25) is 0 Å². The largest absolute Gasteiger partial charge is 0.316 e. The summed E-state index contributed by atoms with van der Waals surface area (Å²) in [4.78, 5) is 0.0880. The fraction of sp³-hybridized carbons (Fsp3) is 0.467. The molecule has 0 saturated heterocycles. The van der Waals surface area contributed by atoms with E-state index in [9.17, 15) is 12.8 Å². The Kier molecular flexibility index (Phi) is 4.99. The Morgan fingerprint density at radius 2 is 2.19 bits per heavy atom. The number of hydrogen-bond donors (Lipinski definition) is 1. The molecule has 1 aromatic rings. The highest BCUT2D eigenvalue weighted by Gasteiger charge is 2.31. The first kappa shape index (κ1) is 16.0. The number of halogens is 1. The van der Waals surface area contributed by atoms with Crippen molar-refractivity contribution in [3.8, 4) is 12.3 Å². The van der Waals surface area contributed by atoms with E-state index in [2.05, 4.69) is 11.2 Å². The van der Waals surface area contributed by atoms with Crippen LogP contribution in [-0.4, -0.2) is 32.9 Å². The van der Waals surface area contributed by atoms with Gasteiger partial charge >= 0.3 is 0 Å². The predicted octanol–water partition coefficient (Wildman–Crippen LogP) is 1.58. The van der Waals surface area contributed by atoms with Gasteiger partial charge in [-0.05, 0) is 44.0 Å². The standard InChI is InChI=1S/C15H19FN2O2S/c1-3-8-18(11-12-4-5-12)21(19,20)14-6-7-15(16)13(9-14)10-17-2/h1,6-7,9,12,17H,4-5,8,10-11H2,2H3. The van der Waals surface area contributed by atoms with Crippen molar-refractivity contribution >= 4 is 10.0 Å². The molecule has 0 heterocycles. The summed E-state index contributed by atoms with van der Waals surface area (Å²) < 4.78 is 40.2. The van der Waals surface area contributed by atoms with Crippen molar-refractivity contribution in [1.82, 2.24) is 9.62 Å². The van der Waals surface area contributed by atoms with Gasteiger partial charge in [0.05, 0.1) is 11.4 Å². The van der Waals surface area contributed by atoms with Gasteiger partial charge in [0.2, 0.25) is 10.0 Å². The van der Waals surface area contributed by atoms with Crippen molar-refractivity contribution in [3.05, 3.63) is 29.6 Å². The number of hydrogen-bond acceptors (Lipinski definition) is 3. The van der Waals surface area contributed by atoms with Crippen LogP contribution in [0.1, 0.15) is 18.4 Å². The lowest BCUT2D eigenvalue weighted by Crippen LogP contribution is -2.33. The molecule has 1 aliphatic carbocycles. The van der Waals surface area contributed by atoms with Crippen molar-refractivity contribution in [1.29, 1.82) is 0 Å². The number of benzene rings is 1. The zero-order valence-corrected chi connectivity index (χ0v) is 12.8. The Balaban J connectivity index is 2.32. The van der Waals surface area contributed by atoms with Gasteiger partial charge in [-0.1, -0.05) is 5.92 Å². The molecule has 1 fully saturated rings. The Labute approximate surface area is 125 Å². The molecule has 114 valence electrons. The van der Waals surface area contributed by atoms with Gasteiger partial charge in [0.15, 0.2) is 0 Å². The topological polar surface area (TPSA) is 49.4 Å². The lowest BCUT2D eigenvalue weighted by atomic mass is 10.2. The molecule has 0 unspecified atom stereocenters. The summed E-state index contributed by atoms with van der Waals surface area (Å²) in [7, 11) is -2.00. The van der Waals surface area contributed by atoms with Gasteiger partial charge in [0.25, 0.3) is 0 Å². The Bertz CT molecular complexity index is 648. The smallest absolute Gasteiger partial charge is 0.243 e. The molecule has 1 saturated carbocycles. The molecule has 0 aromatic heterocycles. The minimum Gasteiger partial charge on any atom is -0.316 e. The fourth-order valence-electron chi connectivity index (χ4n) is 2.12. The van der Waals surface area contributed by atoms with Crippen molar-refractivity contribution in [2.24, 2.45) is 5.92 Å². The molecule has 0 spiro atoms. The van der Waals surface area contributed by atoms with E-state index in [1.165, 1.54) is 22.5 Å². The SMILES string of the molecule is C#CCN(CC1CC1)S(=O)(=O)c1ccc(F)c(CNC)c1. The summed E-state index contributed by atoms with van der Waals surface area (Å²) in [5.74, 6) is 2.36. The van der Waals surface area contributed by atoms with Crippen LogP contribution in [0, 0.1) is 24.1 Å². The predicted molar refractivity (Wildman–Crippen MR) is 79.5 cm³/mol. The molecule has 2 rings (SSSR count). The molecule has 0 radical (unpaired) electrons. The van der Waals surface area contributed by atoms with Crippen LogP contribution in [-0.2, 0) is 16.6 Å². The number of nitrogens with zero attached hydrogens (tertiary/aromatic N) is 1. The van der Waals surface area contributed by atoms with E-state index < -0.39 is 15.8 Å². The first-order valence-corrected chi connectivity index (χ1v) is 8.29. The number of terminal acetylenes is 1. The maximum absolute atomic E-state index is 13.6. The first-order valence-electron chi connectivity index (χ1n) is 6.85. The molecule has 1 aromatic carbocycles. The van der Waals surface area contributed by atoms with Gasteiger partial charge < -0.3 is 5.32 Å². The van der Waals surface area contributed by atoms with Crippen molar-refractivity contribution < 1.29 is 12.8 Å². The van der Waals surface area contributed by atoms with Crippen LogP contribution < -0.4 is 5.32 Å². The van der Waals surface area contributed by atoms with Crippen LogP contribution in [0.25, 0.3) is 0 Å². The second-order valence-electron chi connectivity index (χ2n) is 5.23. The van der Waals surface area contributed by atoms with Crippen LogP contribution >= 0.6 is 0 Å². The van der Waals surface area contributed by atoms with E-state index in [1.54, 1.807) is 7.05 Å². The summed E-state index contributed by atoms with van der Waals surface area (Å²) in [6.07, 6.45) is 7.34. The van der Waals surface area contributed by atoms with Crippen molar-refractivity contribution in [2.45, 2.75) is 24.3 Å². The van der Waals surface area contributed by atoms with E-state index in [-0.39, 0.29) is 18.0 Å². The number of rotatable bonds is 7. The maximum Gasteiger partial charge on any atom is 0.243 e. The third-order valence-electron chi connectivity index (χ3n) is 3.45. The van der Waals surface area contributed by atoms with E-state index in [4.69, 9.17) is 6.42 Å². The van der Waals surface area contributed by atoms with Crippen LogP contribution in [0.4, 0.5) is 4.39 Å². The summed E-state index contributed by atoms with van der Waals surface area (Å²) in [6.45, 7) is 0.746. The minimum absolute atomic E-state index is 0.0393. The lowest BCUT2D eigenvalue weighted by Gasteiger charge is -2.20. The first-order chi connectivity index (χ1) is 9.98. The Hall–Kier alpha value is -1.42. The molecular weight excluding hydrogens is 291 g/mol. The molecular formula is C15H19FN2O2S. The monoisotopic (exact) mass is 310 g/mol. The third kappa shape index (κ3) is 3.82. The molecule has 0 amide bonds. The highest BCUT2D eigenvalue weighted by molar-refractivity contribution is 7.89. The van der Waals surface area contributed by atoms with E-state index in [0.29, 0.717) is 18.0 Å². The summed E-state index contributed by atoms with van der Waals surface area (Å²) in [5, 5.41) is 2.82. The van der Waals surface area contributed by atoms with Crippen LogP contribution in [0.15, 0.2) is 23.1 Å². The molecule has 0 atom stereocenters. The second-order valence-corrected chi connectivity index (χ2v) is 7.17.